The lowest BCUT2D eigenvalue weighted by atomic mass is 9.75. The van der Waals surface area contributed by atoms with Crippen molar-refractivity contribution < 1.29 is 14.0 Å². The van der Waals surface area contributed by atoms with Gasteiger partial charge in [-0.25, -0.2) is 4.98 Å². The minimum Gasteiger partial charge on any atom is -0.459 e. The van der Waals surface area contributed by atoms with Gasteiger partial charge in [0, 0.05) is 56.7 Å². The molecule has 2 amide bonds. The molecule has 5 heterocycles. The van der Waals surface area contributed by atoms with Gasteiger partial charge in [0.05, 0.1) is 23.7 Å². The number of pyridine rings is 1. The number of hydrogen-bond donors (Lipinski definition) is 0. The summed E-state index contributed by atoms with van der Waals surface area (Å²) >= 11 is 0. The van der Waals surface area contributed by atoms with Gasteiger partial charge in [-0.3, -0.25) is 14.6 Å². The molecule has 8 nitrogen and oxygen atoms in total. The Morgan fingerprint density at radius 2 is 2.09 bits per heavy atom. The van der Waals surface area contributed by atoms with E-state index in [0.29, 0.717) is 38.4 Å². The van der Waals surface area contributed by atoms with Crippen molar-refractivity contribution in [3.63, 3.8) is 0 Å². The minimum absolute atomic E-state index is 0.0909. The summed E-state index contributed by atoms with van der Waals surface area (Å²) in [4.78, 5) is 39.3. The van der Waals surface area contributed by atoms with Crippen LogP contribution in [0.15, 0.2) is 59.9 Å². The van der Waals surface area contributed by atoms with Gasteiger partial charge in [-0.2, -0.15) is 0 Å². The van der Waals surface area contributed by atoms with Crippen LogP contribution in [0.4, 0.5) is 0 Å². The summed E-state index contributed by atoms with van der Waals surface area (Å²) in [7, 11) is 0. The van der Waals surface area contributed by atoms with Gasteiger partial charge in [0.25, 0.3) is 5.91 Å². The lowest BCUT2D eigenvalue weighted by Crippen LogP contribution is -2.40. The molecule has 32 heavy (non-hydrogen) atoms. The standard InChI is InChI=1S/C24H27N5O3/c1-17(2)29-14-20(26-16-29)19-13-28(22(30)21-4-3-11-32-21)15-24(19)7-10-27(23(24)31)12-18-5-8-25-9-6-18/h3-6,8-9,11,14,16-17,19H,7,10,12-13,15H2,1-2H3. The number of likely N-dealkylation sites (tertiary alicyclic amines) is 2. The first kappa shape index (κ1) is 20.5. The Morgan fingerprint density at radius 3 is 2.78 bits per heavy atom. The zero-order valence-electron chi connectivity index (χ0n) is 18.3. The minimum atomic E-state index is -0.675. The van der Waals surface area contributed by atoms with E-state index in [1.807, 2.05) is 34.1 Å². The highest BCUT2D eigenvalue weighted by Gasteiger charge is 2.58. The quantitative estimate of drug-likeness (QED) is 0.617. The SMILES string of the molecule is CC(C)n1cnc(C2CN(C(=O)c3ccco3)CC23CCN(Cc2ccncc2)C3=O)c1. The van der Waals surface area contributed by atoms with Crippen LogP contribution in [0.5, 0.6) is 0 Å². The van der Waals surface area contributed by atoms with E-state index < -0.39 is 5.41 Å². The third-order valence-corrected chi connectivity index (χ3v) is 6.80. The lowest BCUT2D eigenvalue weighted by Gasteiger charge is -2.27. The van der Waals surface area contributed by atoms with Crippen molar-refractivity contribution in [2.24, 2.45) is 5.41 Å². The van der Waals surface area contributed by atoms with Crippen LogP contribution >= 0.6 is 0 Å². The largest absolute Gasteiger partial charge is 0.459 e. The zero-order chi connectivity index (χ0) is 22.3. The van der Waals surface area contributed by atoms with Gasteiger partial charge in [0.2, 0.25) is 5.91 Å². The van der Waals surface area contributed by atoms with E-state index in [1.165, 1.54) is 6.26 Å². The first-order chi connectivity index (χ1) is 15.5. The highest BCUT2D eigenvalue weighted by molar-refractivity contribution is 5.94. The van der Waals surface area contributed by atoms with Crippen LogP contribution in [0.25, 0.3) is 0 Å². The summed E-state index contributed by atoms with van der Waals surface area (Å²) in [6, 6.07) is 7.51. The summed E-state index contributed by atoms with van der Waals surface area (Å²) in [6.45, 7) is 6.22. The third-order valence-electron chi connectivity index (χ3n) is 6.80. The second kappa shape index (κ2) is 7.93. The highest BCUT2D eigenvalue weighted by atomic mass is 16.3. The van der Waals surface area contributed by atoms with Gasteiger partial charge in [-0.15, -0.1) is 0 Å². The van der Waals surface area contributed by atoms with Gasteiger partial charge >= 0.3 is 0 Å². The van der Waals surface area contributed by atoms with Crippen molar-refractivity contribution in [2.45, 2.75) is 38.8 Å². The van der Waals surface area contributed by atoms with Crippen molar-refractivity contribution in [3.05, 3.63) is 72.5 Å². The fourth-order valence-electron chi connectivity index (χ4n) is 5.00. The van der Waals surface area contributed by atoms with Crippen LogP contribution in [-0.4, -0.2) is 55.8 Å². The van der Waals surface area contributed by atoms with Crippen LogP contribution in [0.1, 0.15) is 54.0 Å². The second-order valence-corrected chi connectivity index (χ2v) is 9.04. The molecule has 2 aliphatic heterocycles. The maximum absolute atomic E-state index is 13.8. The molecule has 0 aliphatic carbocycles. The number of imidazole rings is 1. The molecule has 2 unspecified atom stereocenters. The summed E-state index contributed by atoms with van der Waals surface area (Å²) in [5, 5.41) is 0. The molecule has 166 valence electrons. The fraction of sp³-hybridized carbons (Fsp3) is 0.417. The topological polar surface area (TPSA) is 84.5 Å². The number of amides is 2. The molecule has 2 atom stereocenters. The molecule has 1 spiro atoms. The number of hydrogen-bond acceptors (Lipinski definition) is 5. The average Bonchev–Trinajstić information content (AvgIpc) is 3.58. The molecular formula is C24H27N5O3. The number of carbonyl (C=O) groups excluding carboxylic acids is 2. The van der Waals surface area contributed by atoms with E-state index in [9.17, 15) is 9.59 Å². The number of furan rings is 1. The van der Waals surface area contributed by atoms with Gasteiger partial charge in [0.15, 0.2) is 5.76 Å². The predicted octanol–water partition coefficient (Wildman–Crippen LogP) is 3.11. The van der Waals surface area contributed by atoms with Crippen LogP contribution in [0.3, 0.4) is 0 Å². The Bertz CT molecular complexity index is 1110. The van der Waals surface area contributed by atoms with Gasteiger partial charge in [-0.05, 0) is 50.1 Å². The lowest BCUT2D eigenvalue weighted by molar-refractivity contribution is -0.136. The van der Waals surface area contributed by atoms with Crippen LogP contribution in [-0.2, 0) is 11.3 Å². The van der Waals surface area contributed by atoms with Crippen molar-refractivity contribution in [1.29, 1.82) is 0 Å². The molecule has 5 rings (SSSR count). The first-order valence-corrected chi connectivity index (χ1v) is 11.0. The molecule has 0 saturated carbocycles. The molecule has 2 aliphatic rings. The van der Waals surface area contributed by atoms with E-state index in [4.69, 9.17) is 4.42 Å². The fourth-order valence-corrected chi connectivity index (χ4v) is 5.00. The van der Waals surface area contributed by atoms with E-state index >= 15 is 0 Å². The molecule has 0 N–H and O–H groups in total. The molecule has 2 fully saturated rings. The molecule has 0 bridgehead atoms. The van der Waals surface area contributed by atoms with Crippen molar-refractivity contribution in [1.82, 2.24) is 24.3 Å². The summed E-state index contributed by atoms with van der Waals surface area (Å²) < 4.78 is 7.40. The summed E-state index contributed by atoms with van der Waals surface area (Å²) in [5.41, 5.74) is 1.24. The van der Waals surface area contributed by atoms with Crippen LogP contribution in [0, 0.1) is 5.41 Å². The van der Waals surface area contributed by atoms with E-state index in [2.05, 4.69) is 23.8 Å². The number of rotatable bonds is 5. The van der Waals surface area contributed by atoms with Crippen LogP contribution < -0.4 is 0 Å². The highest BCUT2D eigenvalue weighted by Crippen LogP contribution is 2.50. The van der Waals surface area contributed by atoms with Crippen molar-refractivity contribution in [3.8, 4) is 0 Å². The predicted molar refractivity (Wildman–Crippen MR) is 117 cm³/mol. The Hall–Kier alpha value is -3.42. The Labute approximate surface area is 186 Å². The zero-order valence-corrected chi connectivity index (χ0v) is 18.3. The first-order valence-electron chi connectivity index (χ1n) is 11.0. The summed E-state index contributed by atoms with van der Waals surface area (Å²) in [6.07, 6.45) is 9.52. The van der Waals surface area contributed by atoms with Gasteiger partial charge in [0.1, 0.15) is 0 Å². The normalized spacial score (nSPS) is 23.1. The average molecular weight is 434 g/mol. The van der Waals surface area contributed by atoms with Crippen molar-refractivity contribution in [2.75, 3.05) is 19.6 Å². The Balaban J connectivity index is 1.47. The molecule has 2 saturated heterocycles. The molecule has 0 radical (unpaired) electrons. The number of carbonyl (C=O) groups is 2. The molecule has 8 heteroatoms. The monoisotopic (exact) mass is 433 g/mol. The van der Waals surface area contributed by atoms with Crippen molar-refractivity contribution >= 4 is 11.8 Å². The second-order valence-electron chi connectivity index (χ2n) is 9.04. The van der Waals surface area contributed by atoms with E-state index in [-0.39, 0.29) is 23.8 Å². The maximum atomic E-state index is 13.8. The Morgan fingerprint density at radius 1 is 1.28 bits per heavy atom. The maximum Gasteiger partial charge on any atom is 0.289 e. The smallest absolute Gasteiger partial charge is 0.289 e. The van der Waals surface area contributed by atoms with Gasteiger partial charge < -0.3 is 18.8 Å². The molecular weight excluding hydrogens is 406 g/mol. The van der Waals surface area contributed by atoms with E-state index in [1.54, 1.807) is 29.4 Å². The van der Waals surface area contributed by atoms with Gasteiger partial charge in [-0.1, -0.05) is 0 Å². The molecule has 3 aromatic rings. The van der Waals surface area contributed by atoms with Crippen LogP contribution in [0.2, 0.25) is 0 Å². The Kier molecular flexibility index (Phi) is 5.07. The van der Waals surface area contributed by atoms with E-state index in [0.717, 1.165) is 11.3 Å². The number of nitrogens with zero attached hydrogens (tertiary/aromatic N) is 5. The molecule has 3 aromatic heterocycles. The molecule has 0 aromatic carbocycles. The number of aromatic nitrogens is 3. The third kappa shape index (κ3) is 3.39. The summed E-state index contributed by atoms with van der Waals surface area (Å²) in [5.74, 6) is 0.0534.